The van der Waals surface area contributed by atoms with Crippen LogP contribution in [0.5, 0.6) is 0 Å². The van der Waals surface area contributed by atoms with Crippen LogP contribution in [-0.2, 0) is 4.79 Å². The highest BCUT2D eigenvalue weighted by molar-refractivity contribution is 5.66. The molecule has 0 atom stereocenters. The van der Waals surface area contributed by atoms with E-state index in [4.69, 9.17) is 5.11 Å². The molecule has 0 rings (SSSR count). The van der Waals surface area contributed by atoms with Crippen molar-refractivity contribution < 1.29 is 14.4 Å². The number of nitrogens with zero attached hydrogens (tertiary/aromatic N) is 1. The molecule has 0 aromatic rings. The number of quaternary nitrogens is 1. The zero-order valence-electron chi connectivity index (χ0n) is 13.7. The molecule has 20 heavy (non-hydrogen) atoms. The Bertz CT molecular complexity index is 272. The van der Waals surface area contributed by atoms with Crippen molar-refractivity contribution in [2.45, 2.75) is 64.7 Å². The molecule has 0 fully saturated rings. The molecule has 0 aliphatic heterocycles. The predicted molar refractivity (Wildman–Crippen MR) is 85.8 cm³/mol. The summed E-state index contributed by atoms with van der Waals surface area (Å²) in [6.07, 6.45) is 15.1. The third-order valence-corrected chi connectivity index (χ3v) is 3.71. The number of carboxylic acid groups (broad SMARTS) is 1. The van der Waals surface area contributed by atoms with Gasteiger partial charge in [0.15, 0.2) is 0 Å². The Morgan fingerprint density at radius 3 is 2.15 bits per heavy atom. The highest BCUT2D eigenvalue weighted by Crippen LogP contribution is 2.07. The van der Waals surface area contributed by atoms with Gasteiger partial charge in [0.1, 0.15) is 0 Å². The van der Waals surface area contributed by atoms with Gasteiger partial charge in [0, 0.05) is 0 Å². The molecule has 1 N–H and O–H groups in total. The van der Waals surface area contributed by atoms with Crippen LogP contribution in [0.25, 0.3) is 0 Å². The van der Waals surface area contributed by atoms with Crippen LogP contribution in [0.15, 0.2) is 12.2 Å². The molecular formula is C17H34NO2+. The number of carbonyl (C=O) groups is 1. The van der Waals surface area contributed by atoms with Crippen LogP contribution < -0.4 is 0 Å². The van der Waals surface area contributed by atoms with Crippen molar-refractivity contribution in [3.63, 3.8) is 0 Å². The van der Waals surface area contributed by atoms with Gasteiger partial charge in [0.25, 0.3) is 0 Å². The first-order valence-corrected chi connectivity index (χ1v) is 8.17. The summed E-state index contributed by atoms with van der Waals surface area (Å²) in [5.74, 6) is -0.695. The van der Waals surface area contributed by atoms with Crippen LogP contribution in [-0.4, -0.2) is 42.7 Å². The highest BCUT2D eigenvalue weighted by Gasteiger charge is 2.15. The van der Waals surface area contributed by atoms with Crippen LogP contribution in [0, 0.1) is 0 Å². The van der Waals surface area contributed by atoms with Crippen molar-refractivity contribution >= 4 is 5.97 Å². The maximum Gasteiger partial charge on any atom is 0.309 e. The Morgan fingerprint density at radius 1 is 0.950 bits per heavy atom. The second-order valence-electron chi connectivity index (χ2n) is 6.34. The van der Waals surface area contributed by atoms with E-state index in [2.05, 4.69) is 33.2 Å². The molecule has 0 radical (unpaired) electrons. The van der Waals surface area contributed by atoms with Crippen LogP contribution in [0.1, 0.15) is 64.7 Å². The van der Waals surface area contributed by atoms with Gasteiger partial charge >= 0.3 is 5.97 Å². The molecule has 0 heterocycles. The van der Waals surface area contributed by atoms with E-state index < -0.39 is 5.97 Å². The zero-order valence-corrected chi connectivity index (χ0v) is 13.7. The van der Waals surface area contributed by atoms with Gasteiger partial charge in [-0.25, -0.2) is 0 Å². The van der Waals surface area contributed by atoms with Gasteiger partial charge in [0.05, 0.1) is 33.6 Å². The van der Waals surface area contributed by atoms with Crippen molar-refractivity contribution in [2.24, 2.45) is 0 Å². The van der Waals surface area contributed by atoms with E-state index in [0.29, 0.717) is 0 Å². The lowest BCUT2D eigenvalue weighted by atomic mass is 10.1. The van der Waals surface area contributed by atoms with Crippen molar-refractivity contribution in [1.82, 2.24) is 0 Å². The molecule has 0 spiro atoms. The Morgan fingerprint density at radius 2 is 1.55 bits per heavy atom. The minimum Gasteiger partial charge on any atom is -0.481 e. The molecule has 0 aromatic heterocycles. The number of unbranched alkanes of at least 4 members (excludes halogenated alkanes) is 6. The van der Waals surface area contributed by atoms with Gasteiger partial charge < -0.3 is 9.59 Å². The Labute approximate surface area is 125 Å². The molecule has 118 valence electrons. The topological polar surface area (TPSA) is 37.3 Å². The van der Waals surface area contributed by atoms with Gasteiger partial charge in [-0.05, 0) is 25.7 Å². The average molecular weight is 284 g/mol. The van der Waals surface area contributed by atoms with E-state index in [1.165, 1.54) is 38.5 Å². The smallest absolute Gasteiger partial charge is 0.309 e. The van der Waals surface area contributed by atoms with Gasteiger partial charge in [-0.3, -0.25) is 4.79 Å². The molecule has 3 nitrogen and oxygen atoms in total. The second kappa shape index (κ2) is 12.0. The largest absolute Gasteiger partial charge is 0.481 e. The fraction of sp³-hybridized carbons (Fsp3) is 0.824. The Hall–Kier alpha value is -0.830. The lowest BCUT2D eigenvalue weighted by Crippen LogP contribution is -2.41. The SMILES string of the molecule is CCCCCCC/C=C\CCC[N+](C)(C)CCC(=O)O. The van der Waals surface area contributed by atoms with E-state index in [1.54, 1.807) is 0 Å². The number of hydrogen-bond acceptors (Lipinski definition) is 1. The van der Waals surface area contributed by atoms with Crippen molar-refractivity contribution in [1.29, 1.82) is 0 Å². The Kier molecular flexibility index (Phi) is 11.5. The minimum absolute atomic E-state index is 0.264. The molecule has 0 saturated heterocycles. The zero-order chi connectivity index (χ0) is 15.3. The van der Waals surface area contributed by atoms with Gasteiger partial charge in [-0.15, -0.1) is 0 Å². The molecule has 0 aromatic carbocycles. The second-order valence-corrected chi connectivity index (χ2v) is 6.34. The molecule has 0 aliphatic rings. The molecule has 0 bridgehead atoms. The first-order valence-electron chi connectivity index (χ1n) is 8.17. The summed E-state index contributed by atoms with van der Waals surface area (Å²) in [6, 6.07) is 0. The molecule has 3 heteroatoms. The standard InChI is InChI=1S/C17H33NO2/c1-4-5-6-7-8-9-10-11-12-13-15-18(2,3)16-14-17(19)20/h10-11H,4-9,12-16H2,1-3H3/p+1/b11-10-. The third kappa shape index (κ3) is 13.6. The number of aliphatic carboxylic acids is 1. The number of rotatable bonds is 13. The van der Waals surface area contributed by atoms with E-state index in [0.717, 1.165) is 30.4 Å². The lowest BCUT2D eigenvalue weighted by molar-refractivity contribution is -0.889. The molecular weight excluding hydrogens is 250 g/mol. The molecule has 0 aliphatic carbocycles. The van der Waals surface area contributed by atoms with E-state index in [9.17, 15) is 4.79 Å². The fourth-order valence-electron chi connectivity index (χ4n) is 2.25. The minimum atomic E-state index is -0.695. The van der Waals surface area contributed by atoms with Crippen molar-refractivity contribution in [3.8, 4) is 0 Å². The normalized spacial score (nSPS) is 12.2. The van der Waals surface area contributed by atoms with Crippen molar-refractivity contribution in [2.75, 3.05) is 27.2 Å². The van der Waals surface area contributed by atoms with Crippen LogP contribution >= 0.6 is 0 Å². The van der Waals surface area contributed by atoms with Gasteiger partial charge in [-0.2, -0.15) is 0 Å². The van der Waals surface area contributed by atoms with E-state index in [1.807, 2.05) is 0 Å². The fourth-order valence-corrected chi connectivity index (χ4v) is 2.25. The Balaban J connectivity index is 3.47. The summed E-state index contributed by atoms with van der Waals surface area (Å²) < 4.78 is 0.803. The summed E-state index contributed by atoms with van der Waals surface area (Å²) in [6.45, 7) is 4.01. The van der Waals surface area contributed by atoms with Crippen LogP contribution in [0.2, 0.25) is 0 Å². The lowest BCUT2D eigenvalue weighted by Gasteiger charge is -2.29. The molecule has 0 unspecified atom stereocenters. The molecule has 0 saturated carbocycles. The average Bonchev–Trinajstić information content (AvgIpc) is 2.39. The van der Waals surface area contributed by atoms with Gasteiger partial charge in [0.2, 0.25) is 0 Å². The summed E-state index contributed by atoms with van der Waals surface area (Å²) in [7, 11) is 4.22. The maximum atomic E-state index is 10.6. The predicted octanol–water partition coefficient (Wildman–Crippen LogP) is 4.23. The monoisotopic (exact) mass is 284 g/mol. The van der Waals surface area contributed by atoms with Gasteiger partial charge in [-0.1, -0.05) is 44.8 Å². The quantitative estimate of drug-likeness (QED) is 0.312. The maximum absolute atomic E-state index is 10.6. The van der Waals surface area contributed by atoms with E-state index >= 15 is 0 Å². The number of carboxylic acids is 1. The summed E-state index contributed by atoms with van der Waals surface area (Å²) in [5.41, 5.74) is 0. The summed E-state index contributed by atoms with van der Waals surface area (Å²) in [4.78, 5) is 10.6. The van der Waals surface area contributed by atoms with Crippen LogP contribution in [0.4, 0.5) is 0 Å². The highest BCUT2D eigenvalue weighted by atomic mass is 16.4. The first kappa shape index (κ1) is 19.2. The number of allylic oxidation sites excluding steroid dienone is 2. The summed E-state index contributed by atoms with van der Waals surface area (Å²) >= 11 is 0. The number of hydrogen-bond donors (Lipinski definition) is 1. The van der Waals surface area contributed by atoms with Crippen LogP contribution in [0.3, 0.4) is 0 Å². The summed E-state index contributed by atoms with van der Waals surface area (Å²) in [5, 5.41) is 8.70. The first-order chi connectivity index (χ1) is 9.48. The van der Waals surface area contributed by atoms with E-state index in [-0.39, 0.29) is 6.42 Å². The molecule has 0 amide bonds. The third-order valence-electron chi connectivity index (χ3n) is 3.71. The van der Waals surface area contributed by atoms with Crippen molar-refractivity contribution in [3.05, 3.63) is 12.2 Å².